The van der Waals surface area contributed by atoms with E-state index in [1.165, 1.54) is 22.3 Å². The molecule has 0 atom stereocenters. The third-order valence-electron chi connectivity index (χ3n) is 10.8. The van der Waals surface area contributed by atoms with Crippen molar-refractivity contribution in [3.8, 4) is 44.5 Å². The van der Waals surface area contributed by atoms with Crippen molar-refractivity contribution in [1.82, 2.24) is 0 Å². The van der Waals surface area contributed by atoms with Crippen LogP contribution in [0, 0.1) is 0 Å². The van der Waals surface area contributed by atoms with Gasteiger partial charge in [0.05, 0.1) is 6.85 Å². The Labute approximate surface area is 317 Å². The number of nitrogens with zero attached hydrogens (tertiary/aromatic N) is 1. The number of hydrogen-bond donors (Lipinski definition) is 0. The van der Waals surface area contributed by atoms with E-state index in [9.17, 15) is 0 Å². The molecule has 0 fully saturated rings. The number of furan rings is 1. The quantitative estimate of drug-likeness (QED) is 0.173. The number of anilines is 3. The normalized spacial score (nSPS) is 14.2. The van der Waals surface area contributed by atoms with Crippen LogP contribution in [0.3, 0.4) is 0 Å². The summed E-state index contributed by atoms with van der Waals surface area (Å²) >= 11 is 0. The second-order valence-corrected chi connectivity index (χ2v) is 14.2. The van der Waals surface area contributed by atoms with Gasteiger partial charge in [-0.25, -0.2) is 0 Å². The molecule has 1 aromatic heterocycles. The number of para-hydroxylation sites is 2. The zero-order valence-corrected chi connectivity index (χ0v) is 29.4. The van der Waals surface area contributed by atoms with E-state index >= 15 is 0 Å². The Bertz CT molecular complexity index is 3050. The van der Waals surface area contributed by atoms with Crippen molar-refractivity contribution in [2.75, 3.05) is 4.90 Å². The van der Waals surface area contributed by atoms with Crippen LogP contribution in [-0.4, -0.2) is 0 Å². The van der Waals surface area contributed by atoms with E-state index in [1.54, 1.807) is 0 Å². The molecule has 10 rings (SSSR count). The van der Waals surface area contributed by atoms with Gasteiger partial charge in [0, 0.05) is 38.8 Å². The zero-order chi connectivity index (χ0) is 39.9. The summed E-state index contributed by atoms with van der Waals surface area (Å²) in [5.74, 6) is 0. The fourth-order valence-electron chi connectivity index (χ4n) is 8.06. The molecule has 0 N–H and O–H groups in total. The summed E-state index contributed by atoms with van der Waals surface area (Å²) in [6.07, 6.45) is 0. The lowest BCUT2D eigenvalue weighted by molar-refractivity contribution is 0.660. The fraction of sp³-hybridized carbons (Fsp3) is 0.0588. The molecule has 9 aromatic rings. The smallest absolute Gasteiger partial charge is 0.143 e. The average Bonchev–Trinajstić information content (AvgIpc) is 3.75. The van der Waals surface area contributed by atoms with Gasteiger partial charge in [-0.2, -0.15) is 0 Å². The first kappa shape index (κ1) is 26.2. The van der Waals surface area contributed by atoms with Crippen molar-refractivity contribution in [2.24, 2.45) is 0 Å². The van der Waals surface area contributed by atoms with Gasteiger partial charge in [-0.15, -0.1) is 0 Å². The topological polar surface area (TPSA) is 16.4 Å². The SMILES string of the molecule is [2H]c1c([2H])c([2H])c(-c2ccc(N(c3ccc(-c4ccccc4)cc3)c3ccc4c(c3)C(C)(C)c3cc(-c5cccc6c5oc5ccccc56)ccc3-4)cc2)c([2H])c1[2H]. The van der Waals surface area contributed by atoms with Gasteiger partial charge < -0.3 is 9.32 Å². The Morgan fingerprint density at radius 2 is 1.02 bits per heavy atom. The molecule has 252 valence electrons. The fourth-order valence-corrected chi connectivity index (χ4v) is 8.06. The summed E-state index contributed by atoms with van der Waals surface area (Å²) in [6, 6.07) is 52.9. The molecule has 1 heterocycles. The van der Waals surface area contributed by atoms with Crippen molar-refractivity contribution < 1.29 is 11.3 Å². The first-order valence-electron chi connectivity index (χ1n) is 20.4. The molecule has 0 spiro atoms. The van der Waals surface area contributed by atoms with Crippen molar-refractivity contribution in [2.45, 2.75) is 19.3 Å². The number of hydrogen-bond acceptors (Lipinski definition) is 2. The van der Waals surface area contributed by atoms with Crippen LogP contribution in [0.1, 0.15) is 31.8 Å². The minimum Gasteiger partial charge on any atom is -0.455 e. The van der Waals surface area contributed by atoms with Crippen molar-refractivity contribution in [1.29, 1.82) is 0 Å². The Morgan fingerprint density at radius 1 is 0.453 bits per heavy atom. The third kappa shape index (κ3) is 5.18. The molecule has 2 heteroatoms. The van der Waals surface area contributed by atoms with Crippen LogP contribution in [0.15, 0.2) is 192 Å². The highest BCUT2D eigenvalue weighted by molar-refractivity contribution is 6.09. The summed E-state index contributed by atoms with van der Waals surface area (Å²) in [6.45, 7) is 4.59. The summed E-state index contributed by atoms with van der Waals surface area (Å²) in [4.78, 5) is 2.22. The summed E-state index contributed by atoms with van der Waals surface area (Å²) < 4.78 is 48.1. The molecule has 1 aliphatic carbocycles. The predicted molar refractivity (Wildman–Crippen MR) is 222 cm³/mol. The van der Waals surface area contributed by atoms with E-state index in [4.69, 9.17) is 11.3 Å². The molecular weight excluding hydrogens is 643 g/mol. The van der Waals surface area contributed by atoms with Gasteiger partial charge in [0.1, 0.15) is 11.2 Å². The second kappa shape index (κ2) is 12.3. The second-order valence-electron chi connectivity index (χ2n) is 14.2. The molecule has 0 unspecified atom stereocenters. The average molecular weight is 685 g/mol. The van der Waals surface area contributed by atoms with Crippen molar-refractivity contribution in [3.63, 3.8) is 0 Å². The number of benzene rings is 8. The monoisotopic (exact) mass is 684 g/mol. The van der Waals surface area contributed by atoms with Crippen molar-refractivity contribution in [3.05, 3.63) is 199 Å². The minimum atomic E-state index is -0.401. The Hall–Kier alpha value is -6.64. The van der Waals surface area contributed by atoms with E-state index in [0.717, 1.165) is 61.3 Å². The molecule has 2 nitrogen and oxygen atoms in total. The summed E-state index contributed by atoms with van der Waals surface area (Å²) in [5, 5.41) is 2.22. The number of rotatable bonds is 6. The number of fused-ring (bicyclic) bond motifs is 6. The van der Waals surface area contributed by atoms with Crippen LogP contribution in [0.4, 0.5) is 17.1 Å². The van der Waals surface area contributed by atoms with Crippen LogP contribution >= 0.6 is 0 Å². The van der Waals surface area contributed by atoms with Gasteiger partial charge >= 0.3 is 0 Å². The molecule has 53 heavy (non-hydrogen) atoms. The van der Waals surface area contributed by atoms with Crippen LogP contribution in [-0.2, 0) is 5.41 Å². The lowest BCUT2D eigenvalue weighted by Gasteiger charge is -2.28. The minimum absolute atomic E-state index is 0.185. The standard InChI is InChI=1S/C51H37NO/c1-51(2)47-32-38(42-17-11-18-46-45-16-9-10-19-49(45)53-50(42)46)24-30-43(47)44-31-29-41(33-48(44)51)52(39-25-20-36(21-26-39)34-12-5-3-6-13-34)40-27-22-37(23-28-40)35-14-7-4-8-15-35/h3-33H,1-2H3/i3D,5D,6D,12D,13D. The van der Waals surface area contributed by atoms with E-state index in [1.807, 2.05) is 60.7 Å². The first-order valence-corrected chi connectivity index (χ1v) is 17.9. The Morgan fingerprint density at radius 3 is 1.75 bits per heavy atom. The van der Waals surface area contributed by atoms with Gasteiger partial charge in [0.2, 0.25) is 0 Å². The van der Waals surface area contributed by atoms with Gasteiger partial charge in [-0.1, -0.05) is 153 Å². The van der Waals surface area contributed by atoms with Gasteiger partial charge in [0.25, 0.3) is 0 Å². The Kier molecular flexibility index (Phi) is 6.05. The molecule has 0 saturated carbocycles. The highest BCUT2D eigenvalue weighted by atomic mass is 16.3. The molecule has 0 amide bonds. The van der Waals surface area contributed by atoms with E-state index in [0.29, 0.717) is 5.56 Å². The molecular formula is C51H37NO. The van der Waals surface area contributed by atoms with Gasteiger partial charge in [-0.3, -0.25) is 0 Å². The summed E-state index contributed by atoms with van der Waals surface area (Å²) in [5.41, 5.74) is 14.4. The molecule has 0 aliphatic heterocycles. The van der Waals surface area contributed by atoms with Crippen LogP contribution in [0.5, 0.6) is 0 Å². The van der Waals surface area contributed by atoms with Gasteiger partial charge in [0.15, 0.2) is 0 Å². The maximum absolute atomic E-state index is 8.57. The largest absolute Gasteiger partial charge is 0.455 e. The van der Waals surface area contributed by atoms with Crippen molar-refractivity contribution >= 4 is 39.0 Å². The van der Waals surface area contributed by atoms with Crippen LogP contribution < -0.4 is 4.90 Å². The predicted octanol–water partition coefficient (Wildman–Crippen LogP) is 14.4. The molecule has 0 saturated heterocycles. The Balaban J connectivity index is 1.07. The van der Waals surface area contributed by atoms with E-state index in [2.05, 4.69) is 116 Å². The third-order valence-corrected chi connectivity index (χ3v) is 10.8. The van der Waals surface area contributed by atoms with E-state index in [-0.39, 0.29) is 35.1 Å². The maximum Gasteiger partial charge on any atom is 0.143 e. The lowest BCUT2D eigenvalue weighted by atomic mass is 9.81. The van der Waals surface area contributed by atoms with Gasteiger partial charge in [-0.05, 0) is 98.6 Å². The summed E-state index contributed by atoms with van der Waals surface area (Å²) in [7, 11) is 0. The molecule has 1 aliphatic rings. The molecule has 0 radical (unpaired) electrons. The maximum atomic E-state index is 8.57. The lowest BCUT2D eigenvalue weighted by Crippen LogP contribution is -2.16. The van der Waals surface area contributed by atoms with Crippen LogP contribution in [0.2, 0.25) is 0 Å². The molecule has 8 aromatic carbocycles. The molecule has 0 bridgehead atoms. The highest BCUT2D eigenvalue weighted by Gasteiger charge is 2.36. The van der Waals surface area contributed by atoms with E-state index < -0.39 is 6.04 Å². The highest BCUT2D eigenvalue weighted by Crippen LogP contribution is 2.52. The van der Waals surface area contributed by atoms with Crippen LogP contribution in [0.25, 0.3) is 66.4 Å². The zero-order valence-electron chi connectivity index (χ0n) is 34.4. The first-order chi connectivity index (χ1) is 28.1.